The lowest BCUT2D eigenvalue weighted by atomic mass is 9.73. The van der Waals surface area contributed by atoms with Crippen LogP contribution in [0.5, 0.6) is 0 Å². The van der Waals surface area contributed by atoms with E-state index in [2.05, 4.69) is 25.7 Å². The van der Waals surface area contributed by atoms with Gasteiger partial charge in [0.2, 0.25) is 0 Å². The first-order chi connectivity index (χ1) is 9.13. The summed E-state index contributed by atoms with van der Waals surface area (Å²) in [5.41, 5.74) is 6.45. The zero-order chi connectivity index (χ0) is 14.3. The Morgan fingerprint density at radius 2 is 2.16 bits per heavy atom. The number of ether oxygens (including phenoxy) is 1. The van der Waals surface area contributed by atoms with Gasteiger partial charge < -0.3 is 10.5 Å². The minimum atomic E-state index is 0.215. The first-order valence-corrected chi connectivity index (χ1v) is 8.09. The molecule has 2 N–H and O–H groups in total. The Hall–Kier alpha value is -0.120. The molecule has 0 radical (unpaired) electrons. The van der Waals surface area contributed by atoms with Crippen LogP contribution in [0.2, 0.25) is 0 Å². The van der Waals surface area contributed by atoms with Crippen molar-refractivity contribution >= 4 is 0 Å². The van der Waals surface area contributed by atoms with Crippen LogP contribution >= 0.6 is 0 Å². The van der Waals surface area contributed by atoms with E-state index in [1.807, 2.05) is 0 Å². The van der Waals surface area contributed by atoms with Gasteiger partial charge in [-0.25, -0.2) is 0 Å². The standard InChI is InChI=1S/C16H34N2O/c1-5-14(3)18(10-11-19-4)16(13-17)9-7-8-15(6-2)12-16/h14-15H,5-13,17H2,1-4H3. The summed E-state index contributed by atoms with van der Waals surface area (Å²) in [7, 11) is 1.79. The third-order valence-electron chi connectivity index (χ3n) is 5.15. The van der Waals surface area contributed by atoms with Crippen LogP contribution in [-0.4, -0.2) is 43.3 Å². The molecule has 0 aromatic heterocycles. The van der Waals surface area contributed by atoms with E-state index in [9.17, 15) is 0 Å². The fourth-order valence-electron chi connectivity index (χ4n) is 3.71. The lowest BCUT2D eigenvalue weighted by molar-refractivity contribution is -0.0106. The summed E-state index contributed by atoms with van der Waals surface area (Å²) in [5.74, 6) is 0.853. The molecule has 0 spiro atoms. The Labute approximate surface area is 119 Å². The molecule has 3 nitrogen and oxygen atoms in total. The van der Waals surface area contributed by atoms with E-state index in [1.54, 1.807) is 7.11 Å². The van der Waals surface area contributed by atoms with Crippen LogP contribution < -0.4 is 5.73 Å². The molecule has 19 heavy (non-hydrogen) atoms. The summed E-state index contributed by atoms with van der Waals surface area (Å²) in [6.07, 6.45) is 7.72. The number of hydrogen-bond acceptors (Lipinski definition) is 3. The van der Waals surface area contributed by atoms with Crippen LogP contribution in [0.15, 0.2) is 0 Å². The molecule has 1 fully saturated rings. The SMILES string of the molecule is CCC1CCCC(CN)(N(CCOC)C(C)CC)C1. The second-order valence-electron chi connectivity index (χ2n) is 6.24. The summed E-state index contributed by atoms with van der Waals surface area (Å²) in [4.78, 5) is 2.65. The van der Waals surface area contributed by atoms with E-state index in [-0.39, 0.29) is 5.54 Å². The van der Waals surface area contributed by atoms with Crippen LogP contribution in [0.25, 0.3) is 0 Å². The van der Waals surface area contributed by atoms with Crippen molar-refractivity contribution in [1.29, 1.82) is 0 Å². The molecule has 3 atom stereocenters. The average Bonchev–Trinajstić information content (AvgIpc) is 2.47. The molecule has 0 saturated heterocycles. The van der Waals surface area contributed by atoms with E-state index in [0.29, 0.717) is 6.04 Å². The van der Waals surface area contributed by atoms with Crippen molar-refractivity contribution in [1.82, 2.24) is 4.90 Å². The second kappa shape index (κ2) is 8.23. The Morgan fingerprint density at radius 3 is 2.68 bits per heavy atom. The van der Waals surface area contributed by atoms with Crippen LogP contribution in [-0.2, 0) is 4.74 Å². The fourth-order valence-corrected chi connectivity index (χ4v) is 3.71. The molecular formula is C16H34N2O. The Morgan fingerprint density at radius 1 is 1.42 bits per heavy atom. The molecular weight excluding hydrogens is 236 g/mol. The molecule has 114 valence electrons. The van der Waals surface area contributed by atoms with Gasteiger partial charge in [0.05, 0.1) is 6.61 Å². The summed E-state index contributed by atoms with van der Waals surface area (Å²) in [6.45, 7) is 9.54. The minimum absolute atomic E-state index is 0.215. The Kier molecular flexibility index (Phi) is 7.33. The molecule has 0 aromatic carbocycles. The average molecular weight is 270 g/mol. The van der Waals surface area contributed by atoms with Crippen molar-refractivity contribution in [3.8, 4) is 0 Å². The predicted molar refractivity (Wildman–Crippen MR) is 82.4 cm³/mol. The molecule has 1 rings (SSSR count). The van der Waals surface area contributed by atoms with Gasteiger partial charge in [-0.1, -0.05) is 33.1 Å². The van der Waals surface area contributed by atoms with Crippen molar-refractivity contribution in [2.45, 2.75) is 70.9 Å². The topological polar surface area (TPSA) is 38.5 Å². The zero-order valence-corrected chi connectivity index (χ0v) is 13.5. The van der Waals surface area contributed by atoms with Gasteiger partial charge in [0.15, 0.2) is 0 Å². The highest BCUT2D eigenvalue weighted by atomic mass is 16.5. The van der Waals surface area contributed by atoms with Gasteiger partial charge in [-0.3, -0.25) is 4.90 Å². The van der Waals surface area contributed by atoms with E-state index in [0.717, 1.165) is 25.6 Å². The van der Waals surface area contributed by atoms with Crippen molar-refractivity contribution in [2.24, 2.45) is 11.7 Å². The van der Waals surface area contributed by atoms with Crippen molar-refractivity contribution in [3.05, 3.63) is 0 Å². The highest BCUT2D eigenvalue weighted by Crippen LogP contribution is 2.39. The van der Waals surface area contributed by atoms with Crippen LogP contribution in [0.3, 0.4) is 0 Å². The summed E-state index contributed by atoms with van der Waals surface area (Å²) in [6, 6.07) is 0.592. The monoisotopic (exact) mass is 270 g/mol. The molecule has 1 aliphatic carbocycles. The van der Waals surface area contributed by atoms with Crippen molar-refractivity contribution < 1.29 is 4.74 Å². The van der Waals surface area contributed by atoms with Gasteiger partial charge in [0.1, 0.15) is 0 Å². The summed E-state index contributed by atoms with van der Waals surface area (Å²) < 4.78 is 5.32. The molecule has 1 saturated carbocycles. The third kappa shape index (κ3) is 4.17. The maximum absolute atomic E-state index is 6.24. The zero-order valence-electron chi connectivity index (χ0n) is 13.5. The summed E-state index contributed by atoms with van der Waals surface area (Å²) in [5, 5.41) is 0. The van der Waals surface area contributed by atoms with Gasteiger partial charge in [-0.05, 0) is 32.1 Å². The molecule has 0 aliphatic heterocycles. The molecule has 0 amide bonds. The normalized spacial score (nSPS) is 29.7. The van der Waals surface area contributed by atoms with Crippen molar-refractivity contribution in [3.63, 3.8) is 0 Å². The van der Waals surface area contributed by atoms with Gasteiger partial charge in [-0.15, -0.1) is 0 Å². The maximum Gasteiger partial charge on any atom is 0.0590 e. The molecule has 3 unspecified atom stereocenters. The Balaban J connectivity index is 2.85. The smallest absolute Gasteiger partial charge is 0.0590 e. The molecule has 1 aliphatic rings. The lowest BCUT2D eigenvalue weighted by Gasteiger charge is -2.50. The van der Waals surface area contributed by atoms with E-state index < -0.39 is 0 Å². The largest absolute Gasteiger partial charge is 0.383 e. The molecule has 0 heterocycles. The maximum atomic E-state index is 6.24. The van der Waals surface area contributed by atoms with Gasteiger partial charge >= 0.3 is 0 Å². The lowest BCUT2D eigenvalue weighted by Crippen LogP contribution is -2.60. The number of nitrogens with two attached hydrogens (primary N) is 1. The number of rotatable bonds is 8. The van der Waals surface area contributed by atoms with E-state index in [1.165, 1.54) is 38.5 Å². The van der Waals surface area contributed by atoms with Gasteiger partial charge in [0.25, 0.3) is 0 Å². The highest BCUT2D eigenvalue weighted by molar-refractivity contribution is 4.98. The van der Waals surface area contributed by atoms with Gasteiger partial charge in [-0.2, -0.15) is 0 Å². The third-order valence-corrected chi connectivity index (χ3v) is 5.15. The second-order valence-corrected chi connectivity index (χ2v) is 6.24. The fraction of sp³-hybridized carbons (Fsp3) is 1.00. The highest BCUT2D eigenvalue weighted by Gasteiger charge is 2.41. The molecule has 3 heteroatoms. The van der Waals surface area contributed by atoms with E-state index >= 15 is 0 Å². The minimum Gasteiger partial charge on any atom is -0.383 e. The summed E-state index contributed by atoms with van der Waals surface area (Å²) >= 11 is 0. The van der Waals surface area contributed by atoms with E-state index in [4.69, 9.17) is 10.5 Å². The van der Waals surface area contributed by atoms with Crippen LogP contribution in [0.1, 0.15) is 59.3 Å². The Bertz CT molecular complexity index is 247. The molecule has 0 bridgehead atoms. The van der Waals surface area contributed by atoms with Crippen LogP contribution in [0.4, 0.5) is 0 Å². The van der Waals surface area contributed by atoms with Crippen LogP contribution in [0, 0.1) is 5.92 Å². The predicted octanol–water partition coefficient (Wildman–Crippen LogP) is 3.03. The first kappa shape index (κ1) is 16.9. The molecule has 0 aromatic rings. The number of hydrogen-bond donors (Lipinski definition) is 1. The van der Waals surface area contributed by atoms with Gasteiger partial charge in [0, 0.05) is 31.8 Å². The van der Waals surface area contributed by atoms with Crippen molar-refractivity contribution in [2.75, 3.05) is 26.8 Å². The quantitative estimate of drug-likeness (QED) is 0.737. The number of nitrogens with zero attached hydrogens (tertiary/aromatic N) is 1. The first-order valence-electron chi connectivity index (χ1n) is 8.09. The number of methoxy groups -OCH3 is 1.